The van der Waals surface area contributed by atoms with Crippen LogP contribution >= 0.6 is 27.7 Å². The van der Waals surface area contributed by atoms with Gasteiger partial charge in [0, 0.05) is 22.5 Å². The van der Waals surface area contributed by atoms with Crippen LogP contribution in [0.2, 0.25) is 0 Å². The lowest BCUT2D eigenvalue weighted by atomic mass is 10.1. The van der Waals surface area contributed by atoms with Gasteiger partial charge in [0.1, 0.15) is 11.9 Å². The molecule has 0 spiro atoms. The van der Waals surface area contributed by atoms with Gasteiger partial charge >= 0.3 is 5.97 Å². The Labute approximate surface area is 135 Å². The molecule has 1 saturated heterocycles. The summed E-state index contributed by atoms with van der Waals surface area (Å²) in [5, 5.41) is 0. The van der Waals surface area contributed by atoms with Gasteiger partial charge in [-0.15, -0.1) is 0 Å². The molecule has 1 aliphatic rings. The first-order valence-electron chi connectivity index (χ1n) is 6.55. The van der Waals surface area contributed by atoms with Crippen molar-refractivity contribution in [2.75, 3.05) is 24.7 Å². The maximum Gasteiger partial charge on any atom is 0.329 e. The van der Waals surface area contributed by atoms with Crippen LogP contribution in [0.15, 0.2) is 22.7 Å². The fraction of sp³-hybridized carbons (Fsp3) is 0.429. The third-order valence-electron chi connectivity index (χ3n) is 3.11. The van der Waals surface area contributed by atoms with Gasteiger partial charge in [-0.1, -0.05) is 0 Å². The van der Waals surface area contributed by atoms with Crippen molar-refractivity contribution in [3.63, 3.8) is 0 Å². The lowest BCUT2D eigenvalue weighted by Crippen LogP contribution is -2.51. The SMILES string of the molecule is CCOC(=O)C1CSCCN1C(=O)c1cc(F)ccc1Br. The highest BCUT2D eigenvalue weighted by atomic mass is 79.9. The van der Waals surface area contributed by atoms with Crippen molar-refractivity contribution in [1.82, 2.24) is 4.90 Å². The number of amides is 1. The second kappa shape index (κ2) is 7.26. The van der Waals surface area contributed by atoms with Crippen molar-refractivity contribution in [1.29, 1.82) is 0 Å². The molecular formula is C14H15BrFNO3S. The summed E-state index contributed by atoms with van der Waals surface area (Å²) >= 11 is 4.85. The van der Waals surface area contributed by atoms with E-state index >= 15 is 0 Å². The van der Waals surface area contributed by atoms with Gasteiger partial charge < -0.3 is 9.64 Å². The average Bonchev–Trinajstić information content (AvgIpc) is 2.49. The molecule has 0 aliphatic carbocycles. The summed E-state index contributed by atoms with van der Waals surface area (Å²) in [6, 6.07) is 3.32. The number of hydrogen-bond donors (Lipinski definition) is 0. The van der Waals surface area contributed by atoms with Crippen LogP contribution in [0.5, 0.6) is 0 Å². The molecule has 1 amide bonds. The van der Waals surface area contributed by atoms with Gasteiger partial charge in [-0.2, -0.15) is 11.8 Å². The molecule has 7 heteroatoms. The third-order valence-corrected chi connectivity index (χ3v) is 4.82. The molecular weight excluding hydrogens is 361 g/mol. The Kier molecular flexibility index (Phi) is 5.64. The Hall–Kier alpha value is -1.08. The molecule has 0 bridgehead atoms. The highest BCUT2D eigenvalue weighted by molar-refractivity contribution is 9.10. The molecule has 1 aliphatic heterocycles. The van der Waals surface area contributed by atoms with E-state index in [1.807, 2.05) is 0 Å². The van der Waals surface area contributed by atoms with E-state index in [4.69, 9.17) is 4.74 Å². The van der Waals surface area contributed by atoms with E-state index in [-0.39, 0.29) is 18.1 Å². The summed E-state index contributed by atoms with van der Waals surface area (Å²) in [4.78, 5) is 26.1. The molecule has 21 heavy (non-hydrogen) atoms. The van der Waals surface area contributed by atoms with Crippen molar-refractivity contribution < 1.29 is 18.7 Å². The zero-order valence-corrected chi connectivity index (χ0v) is 13.9. The number of nitrogens with zero attached hydrogens (tertiary/aromatic N) is 1. The first-order chi connectivity index (χ1) is 10.0. The van der Waals surface area contributed by atoms with Crippen LogP contribution in [0.25, 0.3) is 0 Å². The van der Waals surface area contributed by atoms with Gasteiger partial charge in [-0.05, 0) is 41.1 Å². The van der Waals surface area contributed by atoms with Gasteiger partial charge in [-0.3, -0.25) is 4.79 Å². The number of thioether (sulfide) groups is 1. The molecule has 1 aromatic carbocycles. The van der Waals surface area contributed by atoms with E-state index in [0.29, 0.717) is 16.8 Å². The Morgan fingerprint density at radius 1 is 1.52 bits per heavy atom. The lowest BCUT2D eigenvalue weighted by Gasteiger charge is -2.33. The zero-order chi connectivity index (χ0) is 15.4. The fourth-order valence-corrected chi connectivity index (χ4v) is 3.54. The number of esters is 1. The largest absolute Gasteiger partial charge is 0.464 e. The summed E-state index contributed by atoms with van der Waals surface area (Å²) < 4.78 is 18.9. The molecule has 2 rings (SSSR count). The summed E-state index contributed by atoms with van der Waals surface area (Å²) in [6.45, 7) is 2.44. The summed E-state index contributed by atoms with van der Waals surface area (Å²) in [5.74, 6) is -0.0163. The lowest BCUT2D eigenvalue weighted by molar-refractivity contribution is -0.147. The van der Waals surface area contributed by atoms with Crippen LogP contribution in [0, 0.1) is 5.82 Å². The third kappa shape index (κ3) is 3.77. The summed E-state index contributed by atoms with van der Waals surface area (Å²) in [5.41, 5.74) is 0.219. The van der Waals surface area contributed by atoms with Gasteiger partial charge in [0.05, 0.1) is 12.2 Å². The van der Waals surface area contributed by atoms with Crippen molar-refractivity contribution in [2.24, 2.45) is 0 Å². The highest BCUT2D eigenvalue weighted by Gasteiger charge is 2.34. The van der Waals surface area contributed by atoms with Gasteiger partial charge in [0.15, 0.2) is 0 Å². The minimum atomic E-state index is -0.619. The van der Waals surface area contributed by atoms with Crippen LogP contribution in [-0.2, 0) is 9.53 Å². The first kappa shape index (κ1) is 16.3. The molecule has 0 aromatic heterocycles. The molecule has 1 heterocycles. The van der Waals surface area contributed by atoms with Crippen molar-refractivity contribution >= 4 is 39.6 Å². The maximum atomic E-state index is 13.4. The van der Waals surface area contributed by atoms with E-state index in [9.17, 15) is 14.0 Å². The predicted molar refractivity (Wildman–Crippen MR) is 82.9 cm³/mol. The minimum Gasteiger partial charge on any atom is -0.464 e. The Balaban J connectivity index is 2.26. The molecule has 1 aromatic rings. The van der Waals surface area contributed by atoms with E-state index < -0.39 is 17.8 Å². The number of halogens is 2. The highest BCUT2D eigenvalue weighted by Crippen LogP contribution is 2.24. The Morgan fingerprint density at radius 2 is 2.29 bits per heavy atom. The number of carbonyl (C=O) groups excluding carboxylic acids is 2. The molecule has 114 valence electrons. The second-order valence-electron chi connectivity index (χ2n) is 4.47. The topological polar surface area (TPSA) is 46.6 Å². The number of carbonyl (C=O) groups is 2. The van der Waals surface area contributed by atoms with Gasteiger partial charge in [0.2, 0.25) is 0 Å². The van der Waals surface area contributed by atoms with Crippen LogP contribution in [0.1, 0.15) is 17.3 Å². The van der Waals surface area contributed by atoms with Crippen molar-refractivity contribution in [3.8, 4) is 0 Å². The van der Waals surface area contributed by atoms with Crippen LogP contribution < -0.4 is 0 Å². The number of benzene rings is 1. The normalized spacial score (nSPS) is 18.4. The Morgan fingerprint density at radius 3 is 3.00 bits per heavy atom. The number of hydrogen-bond acceptors (Lipinski definition) is 4. The molecule has 4 nitrogen and oxygen atoms in total. The molecule has 1 unspecified atom stereocenters. The fourth-order valence-electron chi connectivity index (χ4n) is 2.10. The van der Waals surface area contributed by atoms with E-state index in [1.54, 1.807) is 18.7 Å². The van der Waals surface area contributed by atoms with Crippen LogP contribution in [-0.4, -0.2) is 47.5 Å². The van der Waals surface area contributed by atoms with Crippen molar-refractivity contribution in [3.05, 3.63) is 34.1 Å². The molecule has 0 N–H and O–H groups in total. The second-order valence-corrected chi connectivity index (χ2v) is 6.47. The van der Waals surface area contributed by atoms with Crippen molar-refractivity contribution in [2.45, 2.75) is 13.0 Å². The number of rotatable bonds is 3. The zero-order valence-electron chi connectivity index (χ0n) is 11.5. The smallest absolute Gasteiger partial charge is 0.329 e. The Bertz CT molecular complexity index is 555. The van der Waals surface area contributed by atoms with E-state index in [0.717, 1.165) is 5.75 Å². The summed E-state index contributed by atoms with van der Waals surface area (Å²) in [7, 11) is 0. The first-order valence-corrected chi connectivity index (χ1v) is 8.49. The van der Waals surface area contributed by atoms with E-state index in [2.05, 4.69) is 15.9 Å². The van der Waals surface area contributed by atoms with Crippen LogP contribution in [0.4, 0.5) is 4.39 Å². The molecule has 0 radical (unpaired) electrons. The van der Waals surface area contributed by atoms with Crippen LogP contribution in [0.3, 0.4) is 0 Å². The molecule has 1 atom stereocenters. The van der Waals surface area contributed by atoms with Gasteiger partial charge in [0.25, 0.3) is 5.91 Å². The standard InChI is InChI=1S/C14H15BrFNO3S/c1-2-20-14(19)12-8-21-6-5-17(12)13(18)10-7-9(16)3-4-11(10)15/h3-4,7,12H,2,5-6,8H2,1H3. The molecule has 0 saturated carbocycles. The quantitative estimate of drug-likeness (QED) is 0.762. The van der Waals surface area contributed by atoms with E-state index in [1.165, 1.54) is 23.1 Å². The maximum absolute atomic E-state index is 13.4. The predicted octanol–water partition coefficient (Wildman–Crippen LogP) is 2.71. The monoisotopic (exact) mass is 375 g/mol. The van der Waals surface area contributed by atoms with Gasteiger partial charge in [-0.25, -0.2) is 9.18 Å². The summed E-state index contributed by atoms with van der Waals surface area (Å²) in [6.07, 6.45) is 0. The minimum absolute atomic E-state index is 0.219. The average molecular weight is 376 g/mol. The molecule has 1 fully saturated rings. The number of ether oxygens (including phenoxy) is 1.